The van der Waals surface area contributed by atoms with Gasteiger partial charge < -0.3 is 21.3 Å². The van der Waals surface area contributed by atoms with Crippen LogP contribution in [0.3, 0.4) is 0 Å². The van der Waals surface area contributed by atoms with Gasteiger partial charge in [-0.25, -0.2) is 4.79 Å². The number of aliphatic hydroxyl groups is 1. The predicted molar refractivity (Wildman–Crippen MR) is 115 cm³/mol. The summed E-state index contributed by atoms with van der Waals surface area (Å²) in [6, 6.07) is 5.42. The van der Waals surface area contributed by atoms with Crippen molar-refractivity contribution in [1.82, 2.24) is 5.32 Å². The van der Waals surface area contributed by atoms with Gasteiger partial charge >= 0.3 is 5.97 Å². The number of amides is 1. The molecule has 1 aliphatic rings. The zero-order chi connectivity index (χ0) is 22.1. The minimum atomic E-state index is -1.18. The van der Waals surface area contributed by atoms with Crippen molar-refractivity contribution in [2.75, 3.05) is 6.61 Å². The number of benzene rings is 1. The van der Waals surface area contributed by atoms with E-state index >= 15 is 0 Å². The molecule has 1 aromatic rings. The number of hydrogen-bond donors (Lipinski definition) is 4. The zero-order valence-corrected chi connectivity index (χ0v) is 17.6. The molecule has 6 nitrogen and oxygen atoms in total. The summed E-state index contributed by atoms with van der Waals surface area (Å²) in [5, 5.41) is 21.1. The quantitative estimate of drug-likeness (QED) is 0.537. The van der Waals surface area contributed by atoms with E-state index in [1.54, 1.807) is 38.1 Å². The van der Waals surface area contributed by atoms with Gasteiger partial charge in [0.05, 0.1) is 0 Å². The molecule has 0 radical (unpaired) electrons. The number of nitrogens with one attached hydrogen (secondary N) is 1. The van der Waals surface area contributed by atoms with Gasteiger partial charge in [0.2, 0.25) is 0 Å². The molecule has 6 heteroatoms. The highest BCUT2D eigenvalue weighted by Crippen LogP contribution is 2.27. The van der Waals surface area contributed by atoms with Crippen LogP contribution in [0.15, 0.2) is 24.3 Å². The second-order valence-corrected chi connectivity index (χ2v) is 8.10. The topological polar surface area (TPSA) is 113 Å². The summed E-state index contributed by atoms with van der Waals surface area (Å²) in [5.74, 6) is 11.0. The van der Waals surface area contributed by atoms with E-state index in [1.807, 2.05) is 0 Å². The minimum Gasteiger partial charge on any atom is -0.480 e. The Morgan fingerprint density at radius 2 is 1.83 bits per heavy atom. The number of carbonyl (C=O) groups is 2. The summed E-state index contributed by atoms with van der Waals surface area (Å²) in [5.41, 5.74) is 6.01. The normalized spacial score (nSPS) is 21.1. The molecule has 1 saturated carbocycles. The van der Waals surface area contributed by atoms with Crippen molar-refractivity contribution in [3.8, 4) is 23.7 Å². The van der Waals surface area contributed by atoms with E-state index in [0.717, 1.165) is 31.2 Å². The molecule has 1 aliphatic carbocycles. The van der Waals surface area contributed by atoms with Crippen LogP contribution in [0.2, 0.25) is 0 Å². The van der Waals surface area contributed by atoms with Crippen molar-refractivity contribution < 1.29 is 19.8 Å². The number of aliphatic hydroxyl groups excluding tert-OH is 1. The summed E-state index contributed by atoms with van der Waals surface area (Å²) in [4.78, 5) is 23.9. The third-order valence-electron chi connectivity index (χ3n) is 5.74. The summed E-state index contributed by atoms with van der Waals surface area (Å²) >= 11 is 0. The van der Waals surface area contributed by atoms with Crippen molar-refractivity contribution in [2.45, 2.75) is 57.5 Å². The van der Waals surface area contributed by atoms with Gasteiger partial charge in [-0.3, -0.25) is 4.79 Å². The number of carbonyl (C=O) groups excluding carboxylic acids is 1. The average Bonchev–Trinajstić information content (AvgIpc) is 2.75. The van der Waals surface area contributed by atoms with Crippen molar-refractivity contribution in [3.63, 3.8) is 0 Å². The van der Waals surface area contributed by atoms with E-state index in [2.05, 4.69) is 29.0 Å². The molecule has 2 rings (SSSR count). The van der Waals surface area contributed by atoms with Gasteiger partial charge in [0.1, 0.15) is 6.04 Å². The molecule has 1 amide bonds. The molecule has 0 heterocycles. The molecule has 2 atom stereocenters. The number of carboxylic acid groups (broad SMARTS) is 1. The molecular formula is C24H30N2O4. The van der Waals surface area contributed by atoms with Crippen LogP contribution in [0, 0.1) is 35.5 Å². The van der Waals surface area contributed by atoms with E-state index in [-0.39, 0.29) is 6.61 Å². The molecular weight excluding hydrogens is 380 g/mol. The highest BCUT2D eigenvalue weighted by Gasteiger charge is 2.35. The lowest BCUT2D eigenvalue weighted by atomic mass is 9.83. The van der Waals surface area contributed by atoms with E-state index in [0.29, 0.717) is 23.8 Å². The smallest absolute Gasteiger partial charge is 0.328 e. The first-order valence-corrected chi connectivity index (χ1v) is 10.3. The fourth-order valence-electron chi connectivity index (χ4n) is 3.36. The fraction of sp³-hybridized carbons (Fsp3) is 0.500. The highest BCUT2D eigenvalue weighted by molar-refractivity contribution is 5.97. The number of rotatable bonds is 6. The molecule has 0 saturated heterocycles. The molecule has 5 N–H and O–H groups in total. The molecule has 0 aliphatic heterocycles. The number of hydrogen-bond acceptors (Lipinski definition) is 4. The predicted octanol–water partition coefficient (Wildman–Crippen LogP) is 2.15. The maximum atomic E-state index is 12.4. The highest BCUT2D eigenvalue weighted by atomic mass is 16.4. The molecule has 1 fully saturated rings. The Morgan fingerprint density at radius 1 is 1.20 bits per heavy atom. The summed E-state index contributed by atoms with van der Waals surface area (Å²) in [6.07, 6.45) is 4.43. The van der Waals surface area contributed by atoms with Crippen LogP contribution in [0.25, 0.3) is 0 Å². The van der Waals surface area contributed by atoms with Crippen LogP contribution < -0.4 is 11.1 Å². The second-order valence-electron chi connectivity index (χ2n) is 8.10. The van der Waals surface area contributed by atoms with E-state index in [1.165, 1.54) is 0 Å². The first-order chi connectivity index (χ1) is 14.3. The standard InChI is InChI=1S/C24H30N2O4/c1-3-24(2,25)21(23(29)30)26-22(28)20-14-12-18(13-15-20)7-5-4-6-17-8-10-19(16-27)11-9-17/h12-15,17,19,21,27H,3,8-11,16,25H2,1-2H3,(H,26,28)(H,29,30). The van der Waals surface area contributed by atoms with Gasteiger partial charge in [0.25, 0.3) is 5.91 Å². The van der Waals surface area contributed by atoms with Crippen molar-refractivity contribution in [3.05, 3.63) is 35.4 Å². The monoisotopic (exact) mass is 410 g/mol. The fourth-order valence-corrected chi connectivity index (χ4v) is 3.36. The molecule has 2 unspecified atom stereocenters. The Hall–Kier alpha value is -2.80. The molecule has 0 bridgehead atoms. The van der Waals surface area contributed by atoms with Gasteiger partial charge in [0.15, 0.2) is 0 Å². The van der Waals surface area contributed by atoms with Crippen molar-refractivity contribution in [2.24, 2.45) is 17.6 Å². The SMILES string of the molecule is CCC(C)(N)C(NC(=O)c1ccc(C#CC#CC2CCC(CO)CC2)cc1)C(=O)O. The van der Waals surface area contributed by atoms with Crippen LogP contribution in [0.1, 0.15) is 61.9 Å². The Morgan fingerprint density at radius 3 is 2.37 bits per heavy atom. The first-order valence-electron chi connectivity index (χ1n) is 10.3. The molecule has 0 aromatic heterocycles. The lowest BCUT2D eigenvalue weighted by Gasteiger charge is -2.30. The van der Waals surface area contributed by atoms with Crippen LogP contribution >= 0.6 is 0 Å². The largest absolute Gasteiger partial charge is 0.480 e. The van der Waals surface area contributed by atoms with E-state index in [9.17, 15) is 19.8 Å². The Balaban J connectivity index is 1.96. The Kier molecular flexibility index (Phi) is 8.47. The molecule has 0 spiro atoms. The van der Waals surface area contributed by atoms with Crippen LogP contribution in [-0.2, 0) is 4.79 Å². The average molecular weight is 411 g/mol. The van der Waals surface area contributed by atoms with Gasteiger partial charge in [0, 0.05) is 29.2 Å². The summed E-state index contributed by atoms with van der Waals surface area (Å²) < 4.78 is 0. The van der Waals surface area contributed by atoms with E-state index in [4.69, 9.17) is 5.73 Å². The third kappa shape index (κ3) is 6.62. The van der Waals surface area contributed by atoms with Crippen molar-refractivity contribution >= 4 is 11.9 Å². The lowest BCUT2D eigenvalue weighted by molar-refractivity contribution is -0.141. The van der Waals surface area contributed by atoms with Gasteiger partial charge in [-0.05, 0) is 81.1 Å². The zero-order valence-electron chi connectivity index (χ0n) is 17.6. The summed E-state index contributed by atoms with van der Waals surface area (Å²) in [7, 11) is 0. The van der Waals surface area contributed by atoms with E-state index < -0.39 is 23.5 Å². The maximum Gasteiger partial charge on any atom is 0.328 e. The van der Waals surface area contributed by atoms with Gasteiger partial charge in [-0.15, -0.1) is 0 Å². The van der Waals surface area contributed by atoms with Gasteiger partial charge in [-0.2, -0.15) is 0 Å². The lowest BCUT2D eigenvalue weighted by Crippen LogP contribution is -2.60. The van der Waals surface area contributed by atoms with Crippen LogP contribution in [0.4, 0.5) is 0 Å². The number of nitrogens with two attached hydrogens (primary N) is 1. The Labute approximate surface area is 178 Å². The van der Waals surface area contributed by atoms with Gasteiger partial charge in [-0.1, -0.05) is 18.8 Å². The molecule has 1 aromatic carbocycles. The molecule has 30 heavy (non-hydrogen) atoms. The van der Waals surface area contributed by atoms with Crippen LogP contribution in [-0.4, -0.2) is 40.3 Å². The number of aliphatic carboxylic acids is 1. The maximum absolute atomic E-state index is 12.4. The minimum absolute atomic E-state index is 0.259. The number of carboxylic acids is 1. The second kappa shape index (κ2) is 10.8. The third-order valence-corrected chi connectivity index (χ3v) is 5.74. The Bertz CT molecular complexity index is 860. The summed E-state index contributed by atoms with van der Waals surface area (Å²) in [6.45, 7) is 3.64. The molecule has 160 valence electrons. The van der Waals surface area contributed by atoms with Crippen LogP contribution in [0.5, 0.6) is 0 Å². The van der Waals surface area contributed by atoms with Crippen molar-refractivity contribution in [1.29, 1.82) is 0 Å². The first kappa shape index (κ1) is 23.5.